The van der Waals surface area contributed by atoms with E-state index in [1.165, 1.54) is 6.92 Å². The van der Waals surface area contributed by atoms with Crippen LogP contribution in [0, 0.1) is 5.41 Å². The van der Waals surface area contributed by atoms with E-state index in [-0.39, 0.29) is 6.42 Å². The van der Waals surface area contributed by atoms with E-state index in [4.69, 9.17) is 10.8 Å². The van der Waals surface area contributed by atoms with Crippen LogP contribution in [0.5, 0.6) is 0 Å². The van der Waals surface area contributed by atoms with Gasteiger partial charge in [0.05, 0.1) is 0 Å². The van der Waals surface area contributed by atoms with Gasteiger partial charge in [0.1, 0.15) is 5.41 Å². The fourth-order valence-electron chi connectivity index (χ4n) is 1.37. The van der Waals surface area contributed by atoms with Crippen molar-refractivity contribution in [3.05, 3.63) is 35.9 Å². The zero-order valence-electron chi connectivity index (χ0n) is 9.14. The van der Waals surface area contributed by atoms with Crippen LogP contribution in [0.25, 0.3) is 0 Å². The fourth-order valence-corrected chi connectivity index (χ4v) is 1.37. The van der Waals surface area contributed by atoms with Crippen molar-refractivity contribution in [2.75, 3.05) is 0 Å². The first-order valence-electron chi connectivity index (χ1n) is 5.04. The quantitative estimate of drug-likeness (QED) is 0.733. The standard InChI is InChI=1S/C12H15NO3/c1-12(10(13)14,11(15)16)8-7-9-5-3-2-4-6-9/h2-6H,7-8H2,1H3,(H2,13,14)(H,15,16)/t12-/m1/s1. The Kier molecular flexibility index (Phi) is 3.66. The molecule has 0 aliphatic heterocycles. The lowest BCUT2D eigenvalue weighted by Crippen LogP contribution is -2.41. The molecule has 0 unspecified atom stereocenters. The van der Waals surface area contributed by atoms with Gasteiger partial charge in [-0.15, -0.1) is 0 Å². The summed E-state index contributed by atoms with van der Waals surface area (Å²) in [5, 5.41) is 8.98. The second kappa shape index (κ2) is 4.79. The number of carbonyl (C=O) groups excluding carboxylic acids is 1. The molecule has 86 valence electrons. The Hall–Kier alpha value is -1.84. The van der Waals surface area contributed by atoms with E-state index in [0.717, 1.165) is 5.56 Å². The number of primary amides is 1. The van der Waals surface area contributed by atoms with Crippen molar-refractivity contribution < 1.29 is 14.7 Å². The number of hydrogen-bond donors (Lipinski definition) is 2. The van der Waals surface area contributed by atoms with E-state index in [0.29, 0.717) is 6.42 Å². The lowest BCUT2D eigenvalue weighted by atomic mass is 9.83. The molecule has 16 heavy (non-hydrogen) atoms. The molecule has 0 bridgehead atoms. The van der Waals surface area contributed by atoms with Gasteiger partial charge in [0.15, 0.2) is 0 Å². The molecule has 4 heteroatoms. The molecular formula is C12H15NO3. The van der Waals surface area contributed by atoms with Gasteiger partial charge in [0, 0.05) is 0 Å². The van der Waals surface area contributed by atoms with Gasteiger partial charge in [-0.05, 0) is 25.3 Å². The van der Waals surface area contributed by atoms with Crippen LogP contribution in [0.15, 0.2) is 30.3 Å². The number of hydrogen-bond acceptors (Lipinski definition) is 2. The molecule has 1 rings (SSSR count). The second-order valence-electron chi connectivity index (χ2n) is 3.99. The predicted molar refractivity (Wildman–Crippen MR) is 59.7 cm³/mol. The molecule has 0 heterocycles. The molecule has 3 N–H and O–H groups in total. The number of carboxylic acids is 1. The van der Waals surface area contributed by atoms with Crippen LogP contribution in [0.4, 0.5) is 0 Å². The topological polar surface area (TPSA) is 80.4 Å². The van der Waals surface area contributed by atoms with E-state index < -0.39 is 17.3 Å². The SMILES string of the molecule is C[C@@](CCc1ccccc1)(C(N)=O)C(=O)O. The molecule has 0 aromatic heterocycles. The lowest BCUT2D eigenvalue weighted by molar-refractivity contribution is -0.153. The summed E-state index contributed by atoms with van der Waals surface area (Å²) in [6.07, 6.45) is 0.730. The molecule has 0 spiro atoms. The maximum atomic E-state index is 11.1. The molecule has 1 aromatic rings. The summed E-state index contributed by atoms with van der Waals surface area (Å²) in [4.78, 5) is 22.1. The van der Waals surface area contributed by atoms with Crippen molar-refractivity contribution >= 4 is 11.9 Å². The van der Waals surface area contributed by atoms with Crippen LogP contribution < -0.4 is 5.73 Å². The number of carboxylic acid groups (broad SMARTS) is 1. The van der Waals surface area contributed by atoms with Crippen molar-refractivity contribution in [1.82, 2.24) is 0 Å². The molecule has 0 saturated heterocycles. The lowest BCUT2D eigenvalue weighted by Gasteiger charge is -2.20. The average molecular weight is 221 g/mol. The van der Waals surface area contributed by atoms with Gasteiger partial charge in [-0.25, -0.2) is 0 Å². The Morgan fingerprint density at radius 2 is 1.88 bits per heavy atom. The highest BCUT2D eigenvalue weighted by Gasteiger charge is 2.38. The minimum Gasteiger partial charge on any atom is -0.480 e. The van der Waals surface area contributed by atoms with Crippen LogP contribution in [-0.2, 0) is 16.0 Å². The van der Waals surface area contributed by atoms with E-state index in [1.54, 1.807) is 0 Å². The molecule has 1 aromatic carbocycles. The third kappa shape index (κ3) is 2.59. The highest BCUT2D eigenvalue weighted by Crippen LogP contribution is 2.23. The predicted octanol–water partition coefficient (Wildman–Crippen LogP) is 1.20. The number of rotatable bonds is 5. The highest BCUT2D eigenvalue weighted by molar-refractivity contribution is 6.00. The monoisotopic (exact) mass is 221 g/mol. The summed E-state index contributed by atoms with van der Waals surface area (Å²) in [6.45, 7) is 1.36. The van der Waals surface area contributed by atoms with E-state index in [9.17, 15) is 9.59 Å². The maximum Gasteiger partial charge on any atom is 0.318 e. The van der Waals surface area contributed by atoms with E-state index in [1.807, 2.05) is 30.3 Å². The van der Waals surface area contributed by atoms with E-state index >= 15 is 0 Å². The Morgan fingerprint density at radius 1 is 1.31 bits per heavy atom. The molecule has 4 nitrogen and oxygen atoms in total. The molecule has 0 aliphatic carbocycles. The van der Waals surface area contributed by atoms with Gasteiger partial charge in [0.2, 0.25) is 5.91 Å². The highest BCUT2D eigenvalue weighted by atomic mass is 16.4. The van der Waals surface area contributed by atoms with Gasteiger partial charge in [0.25, 0.3) is 0 Å². The van der Waals surface area contributed by atoms with Crippen molar-refractivity contribution in [2.24, 2.45) is 11.1 Å². The van der Waals surface area contributed by atoms with Gasteiger partial charge < -0.3 is 10.8 Å². The molecule has 1 amide bonds. The Balaban J connectivity index is 2.72. The van der Waals surface area contributed by atoms with Crippen LogP contribution in [-0.4, -0.2) is 17.0 Å². The molecule has 0 radical (unpaired) electrons. The molecule has 0 aliphatic rings. The van der Waals surface area contributed by atoms with Crippen LogP contribution in [0.2, 0.25) is 0 Å². The zero-order chi connectivity index (χ0) is 12.2. The van der Waals surface area contributed by atoms with Crippen molar-refractivity contribution in [3.8, 4) is 0 Å². The Morgan fingerprint density at radius 3 is 2.31 bits per heavy atom. The summed E-state index contributed by atoms with van der Waals surface area (Å²) >= 11 is 0. The summed E-state index contributed by atoms with van der Waals surface area (Å²) < 4.78 is 0. The average Bonchev–Trinajstić information content (AvgIpc) is 2.26. The number of amides is 1. The van der Waals surface area contributed by atoms with Crippen molar-refractivity contribution in [3.63, 3.8) is 0 Å². The third-order valence-corrected chi connectivity index (χ3v) is 2.77. The van der Waals surface area contributed by atoms with Gasteiger partial charge in [-0.3, -0.25) is 9.59 Å². The number of benzene rings is 1. The van der Waals surface area contributed by atoms with Crippen LogP contribution in [0.3, 0.4) is 0 Å². The smallest absolute Gasteiger partial charge is 0.318 e. The number of carbonyl (C=O) groups is 2. The number of nitrogens with two attached hydrogens (primary N) is 1. The Bertz CT molecular complexity index is 373. The van der Waals surface area contributed by atoms with Crippen molar-refractivity contribution in [1.29, 1.82) is 0 Å². The molecule has 0 fully saturated rings. The summed E-state index contributed by atoms with van der Waals surface area (Å²) in [5.74, 6) is -1.97. The summed E-state index contributed by atoms with van der Waals surface area (Å²) in [6, 6.07) is 9.41. The molecule has 1 atom stereocenters. The number of aliphatic carboxylic acids is 1. The number of aryl methyl sites for hydroxylation is 1. The summed E-state index contributed by atoms with van der Waals surface area (Å²) in [7, 11) is 0. The molecule has 0 saturated carbocycles. The van der Waals surface area contributed by atoms with E-state index in [2.05, 4.69) is 0 Å². The van der Waals surface area contributed by atoms with Crippen molar-refractivity contribution in [2.45, 2.75) is 19.8 Å². The second-order valence-corrected chi connectivity index (χ2v) is 3.99. The normalized spacial score (nSPS) is 14.1. The van der Waals surface area contributed by atoms with Crippen LogP contribution >= 0.6 is 0 Å². The molecular weight excluding hydrogens is 206 g/mol. The van der Waals surface area contributed by atoms with Crippen LogP contribution in [0.1, 0.15) is 18.9 Å². The third-order valence-electron chi connectivity index (χ3n) is 2.77. The van der Waals surface area contributed by atoms with Gasteiger partial charge >= 0.3 is 5.97 Å². The van der Waals surface area contributed by atoms with Gasteiger partial charge in [-0.2, -0.15) is 0 Å². The van der Waals surface area contributed by atoms with Gasteiger partial charge in [-0.1, -0.05) is 30.3 Å². The first kappa shape index (κ1) is 12.2. The maximum absolute atomic E-state index is 11.1. The minimum atomic E-state index is -1.49. The first-order chi connectivity index (χ1) is 7.47. The largest absolute Gasteiger partial charge is 0.480 e. The fraction of sp³-hybridized carbons (Fsp3) is 0.333. The Labute approximate surface area is 94.1 Å². The minimum absolute atomic E-state index is 0.210. The zero-order valence-corrected chi connectivity index (χ0v) is 9.14. The summed E-state index contributed by atoms with van der Waals surface area (Å²) in [5.41, 5.74) is 4.62. The first-order valence-corrected chi connectivity index (χ1v) is 5.04.